The van der Waals surface area contributed by atoms with Crippen molar-refractivity contribution in [1.29, 1.82) is 0 Å². The summed E-state index contributed by atoms with van der Waals surface area (Å²) in [6.45, 7) is 6.34. The Morgan fingerprint density at radius 1 is 0.958 bits per heavy atom. The van der Waals surface area contributed by atoms with Gasteiger partial charge in [-0.15, -0.1) is 0 Å². The Hall–Kier alpha value is -2.22. The van der Waals surface area contributed by atoms with Gasteiger partial charge in [-0.2, -0.15) is 0 Å². The fraction of sp³-hybridized carbons (Fsp3) is 0.364. The van der Waals surface area contributed by atoms with E-state index in [1.807, 2.05) is 24.3 Å². The van der Waals surface area contributed by atoms with Crippen molar-refractivity contribution in [3.05, 3.63) is 59.7 Å². The fourth-order valence-electron chi connectivity index (χ4n) is 3.36. The molecule has 1 saturated carbocycles. The average molecular weight is 320 g/mol. The summed E-state index contributed by atoms with van der Waals surface area (Å²) in [5, 5.41) is 2.30. The molecule has 24 heavy (non-hydrogen) atoms. The first-order valence-corrected chi connectivity index (χ1v) is 8.59. The molecule has 0 aliphatic heterocycles. The van der Waals surface area contributed by atoms with E-state index in [2.05, 4.69) is 45.0 Å². The molecule has 1 aliphatic rings. The second-order valence-electron chi connectivity index (χ2n) is 7.90. The lowest BCUT2D eigenvalue weighted by molar-refractivity contribution is -0.124. The van der Waals surface area contributed by atoms with Crippen LogP contribution in [-0.4, -0.2) is 11.6 Å². The monoisotopic (exact) mass is 320 g/mol. The van der Waals surface area contributed by atoms with Gasteiger partial charge in [-0.05, 0) is 34.1 Å². The van der Waals surface area contributed by atoms with E-state index in [0.29, 0.717) is 18.4 Å². The summed E-state index contributed by atoms with van der Waals surface area (Å²) < 4.78 is 0. The standard InChI is InChI=1S/C22H24O2/c1-22(2,3)12-11-19-20(23)13-16(14-21(19)24)18-10-6-8-15-7-4-5-9-17(15)18/h4-11,16H,12-14H2,1-3H3. The second-order valence-corrected chi connectivity index (χ2v) is 7.90. The number of fused-ring (bicyclic) bond motifs is 1. The molecule has 124 valence electrons. The van der Waals surface area contributed by atoms with Crippen LogP contribution in [0.2, 0.25) is 0 Å². The van der Waals surface area contributed by atoms with E-state index < -0.39 is 0 Å². The fourth-order valence-corrected chi connectivity index (χ4v) is 3.36. The van der Waals surface area contributed by atoms with Crippen LogP contribution in [0.4, 0.5) is 0 Å². The zero-order valence-corrected chi connectivity index (χ0v) is 14.6. The lowest BCUT2D eigenvalue weighted by Crippen LogP contribution is -2.25. The van der Waals surface area contributed by atoms with E-state index in [0.717, 1.165) is 22.8 Å². The highest BCUT2D eigenvalue weighted by Gasteiger charge is 2.32. The Balaban J connectivity index is 1.89. The first kappa shape index (κ1) is 16.6. The highest BCUT2D eigenvalue weighted by Crippen LogP contribution is 2.36. The summed E-state index contributed by atoms with van der Waals surface area (Å²) in [5.41, 5.74) is 1.62. The van der Waals surface area contributed by atoms with Gasteiger partial charge in [0, 0.05) is 12.8 Å². The summed E-state index contributed by atoms with van der Waals surface area (Å²) in [6, 6.07) is 14.3. The summed E-state index contributed by atoms with van der Waals surface area (Å²) in [4.78, 5) is 25.1. The topological polar surface area (TPSA) is 34.1 Å². The number of carbonyl (C=O) groups is 2. The van der Waals surface area contributed by atoms with E-state index in [9.17, 15) is 9.59 Å². The van der Waals surface area contributed by atoms with E-state index in [-0.39, 0.29) is 22.9 Å². The van der Waals surface area contributed by atoms with Gasteiger partial charge in [0.2, 0.25) is 0 Å². The van der Waals surface area contributed by atoms with E-state index in [1.54, 1.807) is 0 Å². The van der Waals surface area contributed by atoms with Crippen molar-refractivity contribution in [3.8, 4) is 0 Å². The largest absolute Gasteiger partial charge is 0.294 e. The molecular formula is C22H24O2. The summed E-state index contributed by atoms with van der Waals surface area (Å²) in [5.74, 6) is -0.0234. The zero-order valence-electron chi connectivity index (χ0n) is 14.6. The molecule has 0 saturated heterocycles. The number of allylic oxidation sites excluding steroid dienone is 2. The number of hydrogen-bond donors (Lipinski definition) is 0. The predicted molar refractivity (Wildman–Crippen MR) is 98.1 cm³/mol. The number of carbonyl (C=O) groups excluding carboxylic acids is 2. The summed E-state index contributed by atoms with van der Waals surface area (Å²) in [6.07, 6.45) is 3.45. The highest BCUT2D eigenvalue weighted by molar-refractivity contribution is 6.22. The Labute approximate surface area is 143 Å². The minimum absolute atomic E-state index is 0.00608. The number of hydrogen-bond acceptors (Lipinski definition) is 2. The van der Waals surface area contributed by atoms with Gasteiger partial charge < -0.3 is 0 Å². The molecular weight excluding hydrogens is 296 g/mol. The van der Waals surface area contributed by atoms with Crippen molar-refractivity contribution in [3.63, 3.8) is 0 Å². The molecule has 0 atom stereocenters. The maximum Gasteiger partial charge on any atom is 0.166 e. The summed E-state index contributed by atoms with van der Waals surface area (Å²) >= 11 is 0. The molecule has 0 unspecified atom stereocenters. The van der Waals surface area contributed by atoms with Gasteiger partial charge in [-0.25, -0.2) is 0 Å². The maximum absolute atomic E-state index is 12.6. The lowest BCUT2D eigenvalue weighted by atomic mass is 9.77. The Morgan fingerprint density at radius 3 is 2.25 bits per heavy atom. The first-order chi connectivity index (χ1) is 11.3. The van der Waals surface area contributed by atoms with Crippen LogP contribution in [0.15, 0.2) is 54.1 Å². The molecule has 1 aliphatic carbocycles. The normalized spacial score (nSPS) is 19.0. The first-order valence-electron chi connectivity index (χ1n) is 8.59. The van der Waals surface area contributed by atoms with E-state index in [1.165, 1.54) is 0 Å². The van der Waals surface area contributed by atoms with Gasteiger partial charge in [-0.1, -0.05) is 69.3 Å². The van der Waals surface area contributed by atoms with Crippen LogP contribution in [0.5, 0.6) is 0 Å². The summed E-state index contributed by atoms with van der Waals surface area (Å²) in [7, 11) is 0. The third-order valence-electron chi connectivity index (χ3n) is 4.65. The minimum atomic E-state index is -0.0112. The molecule has 2 aromatic rings. The number of ketones is 2. The quantitative estimate of drug-likeness (QED) is 0.561. The van der Waals surface area contributed by atoms with Crippen LogP contribution in [0.3, 0.4) is 0 Å². The average Bonchev–Trinajstić information content (AvgIpc) is 2.52. The van der Waals surface area contributed by atoms with Gasteiger partial charge in [0.15, 0.2) is 11.6 Å². The minimum Gasteiger partial charge on any atom is -0.294 e. The second kappa shape index (κ2) is 6.35. The molecule has 0 aromatic heterocycles. The molecule has 3 rings (SSSR count). The van der Waals surface area contributed by atoms with Gasteiger partial charge in [0.1, 0.15) is 0 Å². The van der Waals surface area contributed by atoms with Crippen LogP contribution >= 0.6 is 0 Å². The third kappa shape index (κ3) is 3.48. The highest BCUT2D eigenvalue weighted by atomic mass is 16.1. The molecule has 0 amide bonds. The molecule has 0 N–H and O–H groups in total. The lowest BCUT2D eigenvalue weighted by Gasteiger charge is -2.24. The van der Waals surface area contributed by atoms with Crippen molar-refractivity contribution in [2.45, 2.75) is 46.0 Å². The van der Waals surface area contributed by atoms with Crippen molar-refractivity contribution in [2.75, 3.05) is 0 Å². The molecule has 0 bridgehead atoms. The van der Waals surface area contributed by atoms with Crippen molar-refractivity contribution < 1.29 is 9.59 Å². The van der Waals surface area contributed by atoms with Crippen LogP contribution in [0.1, 0.15) is 51.5 Å². The van der Waals surface area contributed by atoms with E-state index in [4.69, 9.17) is 0 Å². The van der Waals surface area contributed by atoms with Gasteiger partial charge in [-0.3, -0.25) is 9.59 Å². The molecule has 2 heteroatoms. The van der Waals surface area contributed by atoms with Crippen molar-refractivity contribution >= 4 is 22.3 Å². The van der Waals surface area contributed by atoms with Crippen LogP contribution < -0.4 is 0 Å². The zero-order chi connectivity index (χ0) is 17.3. The number of Topliss-reactive ketones (excluding diaryl/α,β-unsaturated/α-hetero) is 2. The maximum atomic E-state index is 12.6. The van der Waals surface area contributed by atoms with Gasteiger partial charge in [0.25, 0.3) is 0 Å². The Bertz CT molecular complexity index is 796. The number of benzene rings is 2. The predicted octanol–water partition coefficient (Wildman–Crippen LogP) is 5.22. The molecule has 2 aromatic carbocycles. The third-order valence-corrected chi connectivity index (χ3v) is 4.65. The number of rotatable bonds is 2. The van der Waals surface area contributed by atoms with E-state index >= 15 is 0 Å². The van der Waals surface area contributed by atoms with Gasteiger partial charge >= 0.3 is 0 Å². The van der Waals surface area contributed by atoms with Crippen LogP contribution in [0.25, 0.3) is 10.8 Å². The molecule has 2 nitrogen and oxygen atoms in total. The molecule has 1 fully saturated rings. The Morgan fingerprint density at radius 2 is 1.58 bits per heavy atom. The van der Waals surface area contributed by atoms with Crippen LogP contribution in [-0.2, 0) is 9.59 Å². The Kier molecular flexibility index (Phi) is 4.40. The van der Waals surface area contributed by atoms with Crippen molar-refractivity contribution in [2.24, 2.45) is 5.41 Å². The molecule has 0 radical (unpaired) electrons. The smallest absolute Gasteiger partial charge is 0.166 e. The molecule has 0 spiro atoms. The SMILES string of the molecule is CC(C)(C)CC=C1C(=O)CC(c2cccc3ccccc23)CC1=O. The van der Waals surface area contributed by atoms with Gasteiger partial charge in [0.05, 0.1) is 5.57 Å². The molecule has 0 heterocycles. The van der Waals surface area contributed by atoms with Crippen molar-refractivity contribution in [1.82, 2.24) is 0 Å². The van der Waals surface area contributed by atoms with Crippen LogP contribution in [0, 0.1) is 5.41 Å².